The topological polar surface area (TPSA) is 41.1 Å². The normalized spacial score (nSPS) is 9.53. The molecule has 0 atom stereocenters. The molecular formula is C12H18BrClN2O. The molecule has 0 aliphatic rings. The molecule has 0 aromatic heterocycles. The van der Waals surface area contributed by atoms with Crippen LogP contribution < -0.4 is 10.6 Å². The quantitative estimate of drug-likeness (QED) is 0.788. The molecule has 1 aromatic carbocycles. The van der Waals surface area contributed by atoms with Crippen molar-refractivity contribution in [1.82, 2.24) is 10.6 Å². The van der Waals surface area contributed by atoms with Gasteiger partial charge < -0.3 is 10.6 Å². The first kappa shape index (κ1) is 16.4. The van der Waals surface area contributed by atoms with Crippen molar-refractivity contribution in [3.8, 4) is 0 Å². The monoisotopic (exact) mass is 320 g/mol. The summed E-state index contributed by atoms with van der Waals surface area (Å²) < 4.78 is 1.03. The minimum absolute atomic E-state index is 0. The number of hydrogen-bond donors (Lipinski definition) is 2. The fourth-order valence-corrected chi connectivity index (χ4v) is 1.58. The third kappa shape index (κ3) is 7.36. The Kier molecular flexibility index (Phi) is 9.13. The molecule has 0 saturated heterocycles. The number of likely N-dealkylation sites (N-methyl/N-ethyl adjacent to an activating group) is 1. The number of nitrogens with one attached hydrogen (secondary N) is 2. The maximum atomic E-state index is 11.5. The van der Waals surface area contributed by atoms with E-state index in [2.05, 4.69) is 26.6 Å². The summed E-state index contributed by atoms with van der Waals surface area (Å²) in [5.74, 6) is 0.0697. The van der Waals surface area contributed by atoms with E-state index in [0.717, 1.165) is 23.1 Å². The highest BCUT2D eigenvalue weighted by Crippen LogP contribution is 2.10. The van der Waals surface area contributed by atoms with Crippen molar-refractivity contribution >= 4 is 34.2 Å². The molecule has 3 nitrogen and oxygen atoms in total. The Hall–Kier alpha value is -0.580. The van der Waals surface area contributed by atoms with Gasteiger partial charge in [-0.2, -0.15) is 0 Å². The molecule has 0 aliphatic carbocycles. The fraction of sp³-hybridized carbons (Fsp3) is 0.417. The highest BCUT2D eigenvalue weighted by Gasteiger charge is 2.01. The van der Waals surface area contributed by atoms with Gasteiger partial charge in [0.25, 0.3) is 0 Å². The van der Waals surface area contributed by atoms with Crippen molar-refractivity contribution in [2.24, 2.45) is 0 Å². The molecule has 17 heavy (non-hydrogen) atoms. The van der Waals surface area contributed by atoms with Crippen LogP contribution in [0.15, 0.2) is 28.7 Å². The van der Waals surface area contributed by atoms with Gasteiger partial charge in [-0.3, -0.25) is 4.79 Å². The van der Waals surface area contributed by atoms with Crippen LogP contribution >= 0.6 is 28.3 Å². The molecule has 96 valence electrons. The van der Waals surface area contributed by atoms with Gasteiger partial charge in [-0.25, -0.2) is 0 Å². The largest absolute Gasteiger partial charge is 0.355 e. The number of benzene rings is 1. The number of amides is 1. The van der Waals surface area contributed by atoms with E-state index >= 15 is 0 Å². The average molecular weight is 322 g/mol. The van der Waals surface area contributed by atoms with Gasteiger partial charge in [-0.1, -0.05) is 35.0 Å². The summed E-state index contributed by atoms with van der Waals surface area (Å²) in [6.07, 6.45) is 0.444. The molecule has 0 fully saturated rings. The van der Waals surface area contributed by atoms with Crippen LogP contribution in [-0.4, -0.2) is 25.5 Å². The van der Waals surface area contributed by atoms with E-state index in [1.807, 2.05) is 31.2 Å². The van der Waals surface area contributed by atoms with Gasteiger partial charge in [0.1, 0.15) is 0 Å². The number of carbonyl (C=O) groups excluding carboxylic acids is 1. The van der Waals surface area contributed by atoms with Crippen LogP contribution in [0, 0.1) is 0 Å². The molecule has 0 spiro atoms. The Balaban J connectivity index is 0.00000256. The van der Waals surface area contributed by atoms with Crippen molar-refractivity contribution in [2.75, 3.05) is 19.6 Å². The summed E-state index contributed by atoms with van der Waals surface area (Å²) in [5.41, 5.74) is 1.03. The molecule has 1 rings (SSSR count). The molecule has 5 heteroatoms. The van der Waals surface area contributed by atoms with E-state index in [1.165, 1.54) is 0 Å². The Morgan fingerprint density at radius 2 is 1.88 bits per heavy atom. The Bertz CT molecular complexity index is 330. The van der Waals surface area contributed by atoms with Gasteiger partial charge in [-0.15, -0.1) is 12.4 Å². The lowest BCUT2D eigenvalue weighted by atomic mass is 10.1. The Morgan fingerprint density at radius 3 is 2.47 bits per heavy atom. The molecule has 0 heterocycles. The zero-order valence-electron chi connectivity index (χ0n) is 9.83. The highest BCUT2D eigenvalue weighted by atomic mass is 79.9. The minimum atomic E-state index is 0. The third-order valence-electron chi connectivity index (χ3n) is 2.15. The van der Waals surface area contributed by atoms with E-state index in [9.17, 15) is 4.79 Å². The van der Waals surface area contributed by atoms with Crippen LogP contribution in [0.1, 0.15) is 12.5 Å². The van der Waals surface area contributed by atoms with E-state index in [4.69, 9.17) is 0 Å². The first-order valence-corrected chi connectivity index (χ1v) is 6.23. The summed E-state index contributed by atoms with van der Waals surface area (Å²) in [6, 6.07) is 7.80. The van der Waals surface area contributed by atoms with Crippen LogP contribution in [-0.2, 0) is 11.2 Å². The number of rotatable bonds is 6. The number of halogens is 2. The van der Waals surface area contributed by atoms with E-state index in [0.29, 0.717) is 13.0 Å². The predicted octanol–water partition coefficient (Wildman–Crippen LogP) is 2.14. The maximum Gasteiger partial charge on any atom is 0.224 e. The first-order chi connectivity index (χ1) is 7.72. The van der Waals surface area contributed by atoms with Gasteiger partial charge in [0.05, 0.1) is 6.42 Å². The van der Waals surface area contributed by atoms with E-state index in [-0.39, 0.29) is 18.3 Å². The molecule has 1 amide bonds. The molecule has 0 bridgehead atoms. The summed E-state index contributed by atoms with van der Waals surface area (Å²) in [5, 5.41) is 6.02. The zero-order chi connectivity index (χ0) is 11.8. The summed E-state index contributed by atoms with van der Waals surface area (Å²) in [4.78, 5) is 11.5. The second kappa shape index (κ2) is 9.45. The van der Waals surface area contributed by atoms with Gasteiger partial charge in [0.2, 0.25) is 5.91 Å². The highest BCUT2D eigenvalue weighted by molar-refractivity contribution is 9.10. The fourth-order valence-electron chi connectivity index (χ4n) is 1.32. The lowest BCUT2D eigenvalue weighted by Crippen LogP contribution is -2.32. The van der Waals surface area contributed by atoms with Gasteiger partial charge in [0.15, 0.2) is 0 Å². The summed E-state index contributed by atoms with van der Waals surface area (Å²) >= 11 is 3.36. The second-order valence-corrected chi connectivity index (χ2v) is 4.42. The first-order valence-electron chi connectivity index (χ1n) is 5.44. The summed E-state index contributed by atoms with van der Waals surface area (Å²) in [7, 11) is 0. The minimum Gasteiger partial charge on any atom is -0.355 e. The standard InChI is InChI=1S/C12H17BrN2O.ClH/c1-2-14-7-8-15-12(16)9-10-3-5-11(13)6-4-10;/h3-6,14H,2,7-9H2,1H3,(H,15,16);1H. The Labute approximate surface area is 117 Å². The molecule has 0 saturated carbocycles. The number of hydrogen-bond acceptors (Lipinski definition) is 2. The van der Waals surface area contributed by atoms with Crippen molar-refractivity contribution in [3.05, 3.63) is 34.3 Å². The smallest absolute Gasteiger partial charge is 0.224 e. The van der Waals surface area contributed by atoms with E-state index in [1.54, 1.807) is 0 Å². The van der Waals surface area contributed by atoms with E-state index < -0.39 is 0 Å². The number of carbonyl (C=O) groups is 1. The van der Waals surface area contributed by atoms with Crippen LogP contribution in [0.4, 0.5) is 0 Å². The third-order valence-corrected chi connectivity index (χ3v) is 2.68. The molecule has 2 N–H and O–H groups in total. The second-order valence-electron chi connectivity index (χ2n) is 3.51. The van der Waals surface area contributed by atoms with Crippen LogP contribution in [0.3, 0.4) is 0 Å². The molecule has 0 aliphatic heterocycles. The van der Waals surface area contributed by atoms with Gasteiger partial charge in [-0.05, 0) is 24.2 Å². The van der Waals surface area contributed by atoms with Crippen molar-refractivity contribution in [1.29, 1.82) is 0 Å². The van der Waals surface area contributed by atoms with Crippen molar-refractivity contribution < 1.29 is 4.79 Å². The average Bonchev–Trinajstić information content (AvgIpc) is 2.28. The van der Waals surface area contributed by atoms with Crippen LogP contribution in [0.5, 0.6) is 0 Å². The molecule has 1 aromatic rings. The van der Waals surface area contributed by atoms with Crippen molar-refractivity contribution in [2.45, 2.75) is 13.3 Å². The van der Waals surface area contributed by atoms with Gasteiger partial charge >= 0.3 is 0 Å². The lowest BCUT2D eigenvalue weighted by Gasteiger charge is -2.05. The summed E-state index contributed by atoms with van der Waals surface area (Å²) in [6.45, 7) is 4.48. The van der Waals surface area contributed by atoms with Crippen LogP contribution in [0.2, 0.25) is 0 Å². The Morgan fingerprint density at radius 1 is 1.24 bits per heavy atom. The molecule has 0 radical (unpaired) electrons. The predicted molar refractivity (Wildman–Crippen MR) is 76.6 cm³/mol. The van der Waals surface area contributed by atoms with Crippen LogP contribution in [0.25, 0.3) is 0 Å². The van der Waals surface area contributed by atoms with Gasteiger partial charge in [0, 0.05) is 17.6 Å². The maximum absolute atomic E-state index is 11.5. The SMILES string of the molecule is CCNCCNC(=O)Cc1ccc(Br)cc1.Cl. The zero-order valence-corrected chi connectivity index (χ0v) is 12.2. The molecular weight excluding hydrogens is 304 g/mol. The lowest BCUT2D eigenvalue weighted by molar-refractivity contribution is -0.120. The molecule has 0 unspecified atom stereocenters. The van der Waals surface area contributed by atoms with Crippen molar-refractivity contribution in [3.63, 3.8) is 0 Å².